The summed E-state index contributed by atoms with van der Waals surface area (Å²) in [7, 11) is 0. The molecule has 0 fully saturated rings. The van der Waals surface area contributed by atoms with Crippen molar-refractivity contribution in [2.75, 3.05) is 5.32 Å². The van der Waals surface area contributed by atoms with Crippen molar-refractivity contribution in [3.63, 3.8) is 0 Å². The van der Waals surface area contributed by atoms with Crippen molar-refractivity contribution in [3.8, 4) is 11.1 Å². The Hall–Kier alpha value is -2.92. The van der Waals surface area contributed by atoms with E-state index in [1.807, 2.05) is 61.1 Å². The molecule has 0 bridgehead atoms. The Bertz CT molecular complexity index is 1010. The van der Waals surface area contributed by atoms with E-state index in [1.54, 1.807) is 10.7 Å². The van der Waals surface area contributed by atoms with E-state index in [0.717, 1.165) is 28.2 Å². The standard InChI is InChI=1S/C19H16ClN5/c1-13(15-5-3-8-21-11-15)23-18-7-9-25-19(24-18)17(12-22-25)14-4-2-6-16(20)10-14/h2-13H,1H3,(H,23,24). The molecule has 124 valence electrons. The zero-order chi connectivity index (χ0) is 17.2. The van der Waals surface area contributed by atoms with E-state index in [4.69, 9.17) is 16.6 Å². The van der Waals surface area contributed by atoms with Crippen molar-refractivity contribution in [3.05, 3.63) is 77.8 Å². The first-order chi connectivity index (χ1) is 12.2. The second-order valence-corrected chi connectivity index (χ2v) is 6.24. The van der Waals surface area contributed by atoms with Gasteiger partial charge in [0.1, 0.15) is 5.82 Å². The van der Waals surface area contributed by atoms with Gasteiger partial charge in [0.2, 0.25) is 0 Å². The summed E-state index contributed by atoms with van der Waals surface area (Å²) in [6.45, 7) is 2.08. The lowest BCUT2D eigenvalue weighted by Gasteiger charge is -2.14. The Labute approximate surface area is 150 Å². The molecule has 0 amide bonds. The summed E-state index contributed by atoms with van der Waals surface area (Å²) < 4.78 is 1.76. The molecule has 0 aliphatic rings. The zero-order valence-corrected chi connectivity index (χ0v) is 14.4. The molecule has 0 aliphatic heterocycles. The van der Waals surface area contributed by atoms with E-state index in [-0.39, 0.29) is 6.04 Å². The van der Waals surface area contributed by atoms with Gasteiger partial charge in [0.05, 0.1) is 12.2 Å². The zero-order valence-electron chi connectivity index (χ0n) is 13.6. The minimum atomic E-state index is 0.0983. The van der Waals surface area contributed by atoms with Gasteiger partial charge in [-0.05, 0) is 42.3 Å². The fourth-order valence-corrected chi connectivity index (χ4v) is 2.94. The number of rotatable bonds is 4. The molecule has 25 heavy (non-hydrogen) atoms. The first-order valence-electron chi connectivity index (χ1n) is 7.97. The van der Waals surface area contributed by atoms with Crippen LogP contribution in [-0.2, 0) is 0 Å². The van der Waals surface area contributed by atoms with Crippen molar-refractivity contribution in [2.45, 2.75) is 13.0 Å². The van der Waals surface area contributed by atoms with Gasteiger partial charge in [-0.3, -0.25) is 4.98 Å². The summed E-state index contributed by atoms with van der Waals surface area (Å²) >= 11 is 6.12. The van der Waals surface area contributed by atoms with Gasteiger partial charge >= 0.3 is 0 Å². The highest BCUT2D eigenvalue weighted by atomic mass is 35.5. The van der Waals surface area contributed by atoms with Gasteiger partial charge in [0.25, 0.3) is 0 Å². The number of hydrogen-bond donors (Lipinski definition) is 1. The highest BCUT2D eigenvalue weighted by molar-refractivity contribution is 6.30. The van der Waals surface area contributed by atoms with Crippen LogP contribution in [0.1, 0.15) is 18.5 Å². The fraction of sp³-hybridized carbons (Fsp3) is 0.105. The van der Waals surface area contributed by atoms with E-state index in [2.05, 4.69) is 22.3 Å². The van der Waals surface area contributed by atoms with Crippen LogP contribution in [-0.4, -0.2) is 19.6 Å². The molecule has 1 atom stereocenters. The Morgan fingerprint density at radius 1 is 1.12 bits per heavy atom. The van der Waals surface area contributed by atoms with Crippen LogP contribution >= 0.6 is 11.6 Å². The average molecular weight is 350 g/mol. The van der Waals surface area contributed by atoms with Crippen molar-refractivity contribution in [1.82, 2.24) is 19.6 Å². The predicted molar refractivity (Wildman–Crippen MR) is 99.7 cm³/mol. The number of fused-ring (bicyclic) bond motifs is 1. The number of pyridine rings is 1. The third-order valence-corrected chi connectivity index (χ3v) is 4.29. The normalized spacial score (nSPS) is 12.2. The summed E-state index contributed by atoms with van der Waals surface area (Å²) in [5.74, 6) is 0.785. The number of nitrogens with zero attached hydrogens (tertiary/aromatic N) is 4. The average Bonchev–Trinajstić information content (AvgIpc) is 3.06. The highest BCUT2D eigenvalue weighted by Gasteiger charge is 2.11. The van der Waals surface area contributed by atoms with Crippen LogP contribution in [0.25, 0.3) is 16.8 Å². The van der Waals surface area contributed by atoms with E-state index in [1.165, 1.54) is 0 Å². The molecule has 0 spiro atoms. The van der Waals surface area contributed by atoms with Crippen molar-refractivity contribution < 1.29 is 0 Å². The van der Waals surface area contributed by atoms with E-state index >= 15 is 0 Å². The Kier molecular flexibility index (Phi) is 4.07. The summed E-state index contributed by atoms with van der Waals surface area (Å²) in [5, 5.41) is 8.48. The van der Waals surface area contributed by atoms with Crippen LogP contribution in [0.5, 0.6) is 0 Å². The maximum absolute atomic E-state index is 6.12. The maximum atomic E-state index is 6.12. The number of aromatic nitrogens is 4. The minimum absolute atomic E-state index is 0.0983. The molecule has 1 unspecified atom stereocenters. The SMILES string of the molecule is CC(Nc1ccn2ncc(-c3cccc(Cl)c3)c2n1)c1cccnc1. The summed E-state index contributed by atoms with van der Waals surface area (Å²) in [6.07, 6.45) is 7.33. The summed E-state index contributed by atoms with van der Waals surface area (Å²) in [6, 6.07) is 13.7. The van der Waals surface area contributed by atoms with Gasteiger partial charge in [-0.25, -0.2) is 9.50 Å². The molecule has 4 aromatic rings. The molecular formula is C19H16ClN5. The third-order valence-electron chi connectivity index (χ3n) is 4.05. The lowest BCUT2D eigenvalue weighted by Crippen LogP contribution is -2.08. The minimum Gasteiger partial charge on any atom is -0.363 e. The van der Waals surface area contributed by atoms with Gasteiger partial charge in [-0.1, -0.05) is 29.8 Å². The van der Waals surface area contributed by atoms with E-state index in [9.17, 15) is 0 Å². The van der Waals surface area contributed by atoms with Crippen molar-refractivity contribution >= 4 is 23.1 Å². The molecule has 5 nitrogen and oxygen atoms in total. The summed E-state index contributed by atoms with van der Waals surface area (Å²) in [4.78, 5) is 8.90. The molecule has 0 saturated heterocycles. The number of hydrogen-bond acceptors (Lipinski definition) is 4. The van der Waals surface area contributed by atoms with Gasteiger partial charge in [-0.2, -0.15) is 5.10 Å². The maximum Gasteiger partial charge on any atom is 0.165 e. The number of anilines is 1. The number of nitrogens with one attached hydrogen (secondary N) is 1. The lowest BCUT2D eigenvalue weighted by molar-refractivity contribution is 0.860. The van der Waals surface area contributed by atoms with Gasteiger partial charge in [0.15, 0.2) is 5.65 Å². The smallest absolute Gasteiger partial charge is 0.165 e. The molecule has 1 aromatic carbocycles. The third kappa shape index (κ3) is 3.19. The molecule has 3 heterocycles. The largest absolute Gasteiger partial charge is 0.363 e. The van der Waals surface area contributed by atoms with Crippen LogP contribution < -0.4 is 5.32 Å². The first kappa shape index (κ1) is 15.6. The Morgan fingerprint density at radius 3 is 2.84 bits per heavy atom. The van der Waals surface area contributed by atoms with Crippen LogP contribution in [0.2, 0.25) is 5.02 Å². The quantitative estimate of drug-likeness (QED) is 0.584. The monoisotopic (exact) mass is 349 g/mol. The highest BCUT2D eigenvalue weighted by Crippen LogP contribution is 2.27. The topological polar surface area (TPSA) is 55.1 Å². The van der Waals surface area contributed by atoms with Crippen LogP contribution in [0.4, 0.5) is 5.82 Å². The van der Waals surface area contributed by atoms with Crippen molar-refractivity contribution in [2.24, 2.45) is 0 Å². The predicted octanol–water partition coefficient (Wildman–Crippen LogP) is 4.62. The van der Waals surface area contributed by atoms with Gasteiger partial charge in [0, 0.05) is 29.2 Å². The molecular weight excluding hydrogens is 334 g/mol. The lowest BCUT2D eigenvalue weighted by atomic mass is 10.1. The molecule has 1 N–H and O–H groups in total. The Balaban J connectivity index is 1.69. The van der Waals surface area contributed by atoms with Gasteiger partial charge in [-0.15, -0.1) is 0 Å². The molecule has 4 rings (SSSR count). The first-order valence-corrected chi connectivity index (χ1v) is 8.35. The van der Waals surface area contributed by atoms with Crippen LogP contribution in [0.3, 0.4) is 0 Å². The summed E-state index contributed by atoms with van der Waals surface area (Å²) in [5.41, 5.74) is 3.83. The molecule has 0 saturated carbocycles. The molecule has 0 radical (unpaired) electrons. The molecule has 6 heteroatoms. The number of halogens is 1. The molecule has 3 aromatic heterocycles. The van der Waals surface area contributed by atoms with Crippen LogP contribution in [0, 0.1) is 0 Å². The Morgan fingerprint density at radius 2 is 2.04 bits per heavy atom. The van der Waals surface area contributed by atoms with Gasteiger partial charge < -0.3 is 5.32 Å². The van der Waals surface area contributed by atoms with E-state index in [0.29, 0.717) is 5.02 Å². The fourth-order valence-electron chi connectivity index (χ4n) is 2.75. The molecule has 0 aliphatic carbocycles. The number of benzene rings is 1. The second kappa shape index (κ2) is 6.53. The van der Waals surface area contributed by atoms with Crippen LogP contribution in [0.15, 0.2) is 67.3 Å². The van der Waals surface area contributed by atoms with E-state index < -0.39 is 0 Å². The van der Waals surface area contributed by atoms with Crippen molar-refractivity contribution in [1.29, 1.82) is 0 Å². The second-order valence-electron chi connectivity index (χ2n) is 5.80.